The molecule has 1 amide bonds. The number of para-hydroxylation sites is 1. The van der Waals surface area contributed by atoms with Crippen LogP contribution in [0.4, 0.5) is 9.52 Å². The van der Waals surface area contributed by atoms with Gasteiger partial charge >= 0.3 is 0 Å². The number of rotatable bonds is 7. The number of thioether (sulfide) groups is 1. The smallest absolute Gasteiger partial charge is 0.239 e. The number of aromatic nitrogens is 1. The zero-order chi connectivity index (χ0) is 19.4. The van der Waals surface area contributed by atoms with E-state index >= 15 is 0 Å². The van der Waals surface area contributed by atoms with Gasteiger partial charge in [-0.2, -0.15) is 0 Å². The summed E-state index contributed by atoms with van der Waals surface area (Å²) in [6.45, 7) is 3.36. The summed E-state index contributed by atoms with van der Waals surface area (Å²) in [5.41, 5.74) is 2.06. The van der Waals surface area contributed by atoms with Gasteiger partial charge in [0, 0.05) is 18.0 Å². The fraction of sp³-hybridized carbons (Fsp3) is 0.300. The van der Waals surface area contributed by atoms with Gasteiger partial charge in [0.2, 0.25) is 5.91 Å². The van der Waals surface area contributed by atoms with Crippen LogP contribution in [-0.4, -0.2) is 48.7 Å². The van der Waals surface area contributed by atoms with Crippen LogP contribution in [0, 0.1) is 12.7 Å². The van der Waals surface area contributed by atoms with E-state index in [1.165, 1.54) is 35.2 Å². The van der Waals surface area contributed by atoms with E-state index in [1.54, 1.807) is 17.0 Å². The topological polar surface area (TPSA) is 36.4 Å². The number of nitrogens with zero attached hydrogens (tertiary/aromatic N) is 3. The van der Waals surface area contributed by atoms with E-state index in [4.69, 9.17) is 4.98 Å². The number of carbonyl (C=O) groups excluding carboxylic acids is 1. The van der Waals surface area contributed by atoms with Gasteiger partial charge in [0.25, 0.3) is 0 Å². The molecule has 1 aromatic heterocycles. The first-order valence-electron chi connectivity index (χ1n) is 8.63. The van der Waals surface area contributed by atoms with Crippen LogP contribution in [0.5, 0.6) is 0 Å². The molecule has 0 fully saturated rings. The third-order valence-electron chi connectivity index (χ3n) is 4.09. The van der Waals surface area contributed by atoms with Gasteiger partial charge in [0.15, 0.2) is 5.13 Å². The third-order valence-corrected chi connectivity index (χ3v) is 6.13. The summed E-state index contributed by atoms with van der Waals surface area (Å²) in [4.78, 5) is 22.3. The predicted octanol–water partition coefficient (Wildman–Crippen LogP) is 4.85. The number of hydrogen-bond acceptors (Lipinski definition) is 5. The van der Waals surface area contributed by atoms with Crippen molar-refractivity contribution in [3.05, 3.63) is 53.8 Å². The van der Waals surface area contributed by atoms with Gasteiger partial charge in [0.1, 0.15) is 5.82 Å². The molecule has 4 nitrogen and oxygen atoms in total. The SMILES string of the molecule is Cc1cccc2sc(N(CCN(C)C)C(=O)CSc3ccc(F)cc3)nc12.Cl. The number of carbonyl (C=O) groups is 1. The minimum atomic E-state index is -0.275. The van der Waals surface area contributed by atoms with Crippen molar-refractivity contribution in [1.29, 1.82) is 0 Å². The molecule has 8 heteroatoms. The van der Waals surface area contributed by atoms with Gasteiger partial charge in [-0.1, -0.05) is 23.5 Å². The van der Waals surface area contributed by atoms with Crippen molar-refractivity contribution < 1.29 is 9.18 Å². The first-order chi connectivity index (χ1) is 12.9. The van der Waals surface area contributed by atoms with Crippen molar-refractivity contribution in [3.63, 3.8) is 0 Å². The van der Waals surface area contributed by atoms with Crippen molar-refractivity contribution in [3.8, 4) is 0 Å². The fourth-order valence-corrected chi connectivity index (χ4v) is 4.43. The van der Waals surface area contributed by atoms with E-state index in [-0.39, 0.29) is 29.9 Å². The molecule has 0 saturated carbocycles. The van der Waals surface area contributed by atoms with Crippen molar-refractivity contribution >= 4 is 56.8 Å². The highest BCUT2D eigenvalue weighted by Gasteiger charge is 2.20. The Morgan fingerprint density at radius 3 is 2.50 bits per heavy atom. The van der Waals surface area contributed by atoms with Crippen LogP contribution in [0.3, 0.4) is 0 Å². The number of hydrogen-bond donors (Lipinski definition) is 0. The van der Waals surface area contributed by atoms with E-state index in [9.17, 15) is 9.18 Å². The van der Waals surface area contributed by atoms with Crippen LogP contribution in [0.25, 0.3) is 10.2 Å². The molecule has 150 valence electrons. The lowest BCUT2D eigenvalue weighted by Crippen LogP contribution is -2.37. The molecule has 2 aromatic carbocycles. The monoisotopic (exact) mass is 439 g/mol. The largest absolute Gasteiger partial charge is 0.308 e. The first kappa shape index (κ1) is 22.6. The molecule has 0 aliphatic rings. The summed E-state index contributed by atoms with van der Waals surface area (Å²) in [6, 6.07) is 12.3. The maximum absolute atomic E-state index is 13.0. The molecule has 3 aromatic rings. The zero-order valence-corrected chi connectivity index (χ0v) is 18.5. The van der Waals surface area contributed by atoms with Crippen molar-refractivity contribution in [2.75, 3.05) is 37.8 Å². The Morgan fingerprint density at radius 1 is 1.14 bits per heavy atom. The molecule has 0 atom stereocenters. The molecule has 0 saturated heterocycles. The zero-order valence-electron chi connectivity index (χ0n) is 16.0. The Labute approximate surface area is 179 Å². The van der Waals surface area contributed by atoms with Crippen LogP contribution in [-0.2, 0) is 4.79 Å². The molecular formula is C20H23ClFN3OS2. The molecule has 0 unspecified atom stereocenters. The maximum atomic E-state index is 13.0. The van der Waals surface area contributed by atoms with Crippen LogP contribution < -0.4 is 4.90 Å². The lowest BCUT2D eigenvalue weighted by Gasteiger charge is -2.21. The molecule has 0 aliphatic carbocycles. The van der Waals surface area contributed by atoms with E-state index in [0.717, 1.165) is 32.4 Å². The van der Waals surface area contributed by atoms with Gasteiger partial charge in [-0.05, 0) is 56.9 Å². The summed E-state index contributed by atoms with van der Waals surface area (Å²) in [5, 5.41) is 0.728. The van der Waals surface area contributed by atoms with E-state index in [0.29, 0.717) is 6.54 Å². The maximum Gasteiger partial charge on any atom is 0.239 e. The Morgan fingerprint density at radius 2 is 1.86 bits per heavy atom. The van der Waals surface area contributed by atoms with E-state index < -0.39 is 0 Å². The number of amides is 1. The van der Waals surface area contributed by atoms with Gasteiger partial charge in [-0.15, -0.1) is 24.2 Å². The van der Waals surface area contributed by atoms with E-state index in [2.05, 4.69) is 0 Å². The highest BCUT2D eigenvalue weighted by atomic mass is 35.5. The van der Waals surface area contributed by atoms with Gasteiger partial charge in [-0.3, -0.25) is 9.69 Å². The number of aryl methyl sites for hydroxylation is 1. The normalized spacial score (nSPS) is 10.9. The minimum Gasteiger partial charge on any atom is -0.308 e. The molecule has 0 bridgehead atoms. The fourth-order valence-electron chi connectivity index (χ4n) is 2.57. The quantitative estimate of drug-likeness (QED) is 0.493. The standard InChI is InChI=1S/C20H22FN3OS2.ClH/c1-14-5-4-6-17-19(14)22-20(27-17)24(12-11-23(2)3)18(25)13-26-16-9-7-15(21)8-10-16;/h4-10H,11-13H2,1-3H3;1H. The number of likely N-dealkylation sites (N-methyl/N-ethyl adjacent to an activating group) is 1. The van der Waals surface area contributed by atoms with Crippen LogP contribution >= 0.6 is 35.5 Å². The van der Waals surface area contributed by atoms with E-state index in [1.807, 2.05) is 44.1 Å². The van der Waals surface area contributed by atoms with Gasteiger partial charge in [-0.25, -0.2) is 9.37 Å². The Kier molecular flexibility index (Phi) is 8.24. The molecule has 0 radical (unpaired) electrons. The number of thiazole rings is 1. The van der Waals surface area contributed by atoms with Crippen LogP contribution in [0.2, 0.25) is 0 Å². The average Bonchev–Trinajstić information content (AvgIpc) is 3.06. The molecule has 0 aliphatic heterocycles. The number of halogens is 2. The van der Waals surface area contributed by atoms with Crippen molar-refractivity contribution in [1.82, 2.24) is 9.88 Å². The minimum absolute atomic E-state index is 0. The third kappa shape index (κ3) is 5.67. The van der Waals surface area contributed by atoms with Crippen LogP contribution in [0.1, 0.15) is 5.56 Å². The summed E-state index contributed by atoms with van der Waals surface area (Å²) in [7, 11) is 3.97. The number of anilines is 1. The number of fused-ring (bicyclic) bond motifs is 1. The highest BCUT2D eigenvalue weighted by Crippen LogP contribution is 2.31. The van der Waals surface area contributed by atoms with Crippen LogP contribution in [0.15, 0.2) is 47.4 Å². The second-order valence-electron chi connectivity index (χ2n) is 6.51. The summed E-state index contributed by atoms with van der Waals surface area (Å²) in [6.07, 6.45) is 0. The second-order valence-corrected chi connectivity index (χ2v) is 8.57. The van der Waals surface area contributed by atoms with Crippen molar-refractivity contribution in [2.45, 2.75) is 11.8 Å². The number of benzene rings is 2. The van der Waals surface area contributed by atoms with Gasteiger partial charge in [0.05, 0.1) is 16.0 Å². The molecule has 1 heterocycles. The molecule has 0 N–H and O–H groups in total. The van der Waals surface area contributed by atoms with Crippen molar-refractivity contribution in [2.24, 2.45) is 0 Å². The lowest BCUT2D eigenvalue weighted by molar-refractivity contribution is -0.116. The predicted molar refractivity (Wildman–Crippen MR) is 120 cm³/mol. The Balaban J connectivity index is 0.00000280. The van der Waals surface area contributed by atoms with Gasteiger partial charge < -0.3 is 4.90 Å². The molecular weight excluding hydrogens is 417 g/mol. The highest BCUT2D eigenvalue weighted by molar-refractivity contribution is 8.00. The summed E-state index contributed by atoms with van der Waals surface area (Å²) < 4.78 is 14.1. The first-order valence-corrected chi connectivity index (χ1v) is 10.4. The summed E-state index contributed by atoms with van der Waals surface area (Å²) in [5.74, 6) is 0.0135. The Hall–Kier alpha value is -1.67. The average molecular weight is 440 g/mol. The molecule has 28 heavy (non-hydrogen) atoms. The Bertz CT molecular complexity index is 931. The lowest BCUT2D eigenvalue weighted by atomic mass is 10.2. The molecule has 0 spiro atoms. The summed E-state index contributed by atoms with van der Waals surface area (Å²) >= 11 is 2.95. The second kappa shape index (κ2) is 10.2. The molecule has 3 rings (SSSR count).